The van der Waals surface area contributed by atoms with Crippen molar-refractivity contribution in [1.82, 2.24) is 4.98 Å². The van der Waals surface area contributed by atoms with E-state index in [9.17, 15) is 0 Å². The van der Waals surface area contributed by atoms with Crippen LogP contribution in [-0.4, -0.2) is 19.2 Å². The molecule has 0 bridgehead atoms. The average molecular weight is 365 g/mol. The number of nitrogens with one attached hydrogen (secondary N) is 1. The Morgan fingerprint density at radius 3 is 2.71 bits per heavy atom. The Morgan fingerprint density at radius 2 is 1.95 bits per heavy atom. The van der Waals surface area contributed by atoms with Crippen molar-refractivity contribution in [3.8, 4) is 11.5 Å². The van der Waals surface area contributed by atoms with Gasteiger partial charge in [0.2, 0.25) is 0 Å². The number of thiazole rings is 1. The summed E-state index contributed by atoms with van der Waals surface area (Å²) < 4.78 is 12.5. The van der Waals surface area contributed by atoms with Crippen LogP contribution in [0.2, 0.25) is 0 Å². The van der Waals surface area contributed by atoms with E-state index in [1.807, 2.05) is 36.4 Å². The Labute approximate surface area is 134 Å². The molecule has 6 heteroatoms. The SMILES string of the molecule is COc1ccc2nc(Nc3ccc(Br)c(OC)c3)sc2c1. The molecular formula is C15H13BrN2O2S. The van der Waals surface area contributed by atoms with Gasteiger partial charge in [0.1, 0.15) is 11.5 Å². The summed E-state index contributed by atoms with van der Waals surface area (Å²) in [4.78, 5) is 4.56. The minimum absolute atomic E-state index is 0.780. The predicted octanol–water partition coefficient (Wildman–Crippen LogP) is 4.82. The van der Waals surface area contributed by atoms with E-state index in [1.54, 1.807) is 25.6 Å². The first-order chi connectivity index (χ1) is 10.2. The van der Waals surface area contributed by atoms with Gasteiger partial charge in [-0.2, -0.15) is 0 Å². The van der Waals surface area contributed by atoms with E-state index in [-0.39, 0.29) is 0 Å². The lowest BCUT2D eigenvalue weighted by Crippen LogP contribution is -1.91. The highest BCUT2D eigenvalue weighted by molar-refractivity contribution is 9.10. The molecule has 0 saturated carbocycles. The summed E-state index contributed by atoms with van der Waals surface area (Å²) in [5, 5.41) is 4.13. The fourth-order valence-electron chi connectivity index (χ4n) is 1.95. The van der Waals surface area contributed by atoms with Crippen molar-refractivity contribution in [3.63, 3.8) is 0 Å². The topological polar surface area (TPSA) is 43.4 Å². The second-order valence-corrected chi connectivity index (χ2v) is 6.21. The van der Waals surface area contributed by atoms with Gasteiger partial charge in [-0.25, -0.2) is 4.98 Å². The smallest absolute Gasteiger partial charge is 0.188 e. The quantitative estimate of drug-likeness (QED) is 0.720. The number of aromatic nitrogens is 1. The number of hydrogen-bond acceptors (Lipinski definition) is 5. The van der Waals surface area contributed by atoms with Crippen LogP contribution in [0, 0.1) is 0 Å². The summed E-state index contributed by atoms with van der Waals surface area (Å²) >= 11 is 5.02. The lowest BCUT2D eigenvalue weighted by atomic mass is 10.3. The summed E-state index contributed by atoms with van der Waals surface area (Å²) in [5.74, 6) is 1.62. The van der Waals surface area contributed by atoms with Crippen molar-refractivity contribution in [2.75, 3.05) is 19.5 Å². The van der Waals surface area contributed by atoms with Crippen molar-refractivity contribution in [1.29, 1.82) is 0 Å². The Morgan fingerprint density at radius 1 is 1.10 bits per heavy atom. The molecule has 21 heavy (non-hydrogen) atoms. The molecule has 4 nitrogen and oxygen atoms in total. The van der Waals surface area contributed by atoms with Gasteiger partial charge in [0.25, 0.3) is 0 Å². The van der Waals surface area contributed by atoms with Crippen molar-refractivity contribution in [2.45, 2.75) is 0 Å². The number of ether oxygens (including phenoxy) is 2. The number of rotatable bonds is 4. The molecular weight excluding hydrogens is 352 g/mol. The van der Waals surface area contributed by atoms with E-state index >= 15 is 0 Å². The number of anilines is 2. The number of methoxy groups -OCH3 is 2. The van der Waals surface area contributed by atoms with Crippen LogP contribution >= 0.6 is 27.3 Å². The average Bonchev–Trinajstić information content (AvgIpc) is 2.90. The third-order valence-electron chi connectivity index (χ3n) is 3.00. The summed E-state index contributed by atoms with van der Waals surface area (Å²) in [6.45, 7) is 0. The third kappa shape index (κ3) is 2.96. The molecule has 1 N–H and O–H groups in total. The molecule has 0 fully saturated rings. The third-order valence-corrected chi connectivity index (χ3v) is 4.59. The highest BCUT2D eigenvalue weighted by Gasteiger charge is 2.07. The molecule has 0 aliphatic rings. The highest BCUT2D eigenvalue weighted by atomic mass is 79.9. The van der Waals surface area contributed by atoms with E-state index in [0.29, 0.717) is 0 Å². The van der Waals surface area contributed by atoms with Gasteiger partial charge in [-0.15, -0.1) is 0 Å². The van der Waals surface area contributed by atoms with Gasteiger partial charge in [0.15, 0.2) is 5.13 Å². The van der Waals surface area contributed by atoms with Crippen LogP contribution in [0.1, 0.15) is 0 Å². The monoisotopic (exact) mass is 364 g/mol. The zero-order valence-electron chi connectivity index (χ0n) is 11.5. The minimum atomic E-state index is 0.780. The fourth-order valence-corrected chi connectivity index (χ4v) is 3.27. The summed E-state index contributed by atoms with van der Waals surface area (Å²) in [6.07, 6.45) is 0. The van der Waals surface area contributed by atoms with Gasteiger partial charge in [-0.1, -0.05) is 11.3 Å². The van der Waals surface area contributed by atoms with E-state index in [2.05, 4.69) is 26.2 Å². The summed E-state index contributed by atoms with van der Waals surface area (Å²) in [7, 11) is 3.31. The molecule has 0 atom stereocenters. The molecule has 0 unspecified atom stereocenters. The molecule has 108 valence electrons. The van der Waals surface area contributed by atoms with Gasteiger partial charge in [-0.3, -0.25) is 0 Å². The van der Waals surface area contributed by atoms with Crippen LogP contribution in [-0.2, 0) is 0 Å². The van der Waals surface area contributed by atoms with Crippen LogP contribution in [0.15, 0.2) is 40.9 Å². The lowest BCUT2D eigenvalue weighted by molar-refractivity contribution is 0.412. The van der Waals surface area contributed by atoms with Crippen LogP contribution in [0.3, 0.4) is 0 Å². The van der Waals surface area contributed by atoms with Gasteiger partial charge in [0.05, 0.1) is 28.9 Å². The van der Waals surface area contributed by atoms with Crippen molar-refractivity contribution in [3.05, 3.63) is 40.9 Å². The second-order valence-electron chi connectivity index (χ2n) is 4.33. The number of hydrogen-bond donors (Lipinski definition) is 1. The van der Waals surface area contributed by atoms with Crippen molar-refractivity contribution < 1.29 is 9.47 Å². The van der Waals surface area contributed by atoms with Gasteiger partial charge >= 0.3 is 0 Å². The summed E-state index contributed by atoms with van der Waals surface area (Å²) in [5.41, 5.74) is 1.88. The molecule has 1 heterocycles. The van der Waals surface area contributed by atoms with E-state index in [1.165, 1.54) is 0 Å². The van der Waals surface area contributed by atoms with Crippen molar-refractivity contribution in [2.24, 2.45) is 0 Å². The zero-order chi connectivity index (χ0) is 14.8. The molecule has 0 aliphatic heterocycles. The molecule has 0 aliphatic carbocycles. The van der Waals surface area contributed by atoms with E-state index in [0.717, 1.165) is 37.0 Å². The maximum Gasteiger partial charge on any atom is 0.188 e. The molecule has 3 rings (SSSR count). The van der Waals surface area contributed by atoms with Gasteiger partial charge in [0, 0.05) is 11.8 Å². The molecule has 2 aromatic carbocycles. The number of benzene rings is 2. The van der Waals surface area contributed by atoms with E-state index in [4.69, 9.17) is 9.47 Å². The zero-order valence-corrected chi connectivity index (χ0v) is 13.9. The minimum Gasteiger partial charge on any atom is -0.497 e. The first kappa shape index (κ1) is 14.2. The molecule has 0 radical (unpaired) electrons. The Balaban J connectivity index is 1.90. The largest absolute Gasteiger partial charge is 0.497 e. The lowest BCUT2D eigenvalue weighted by Gasteiger charge is -2.07. The molecule has 1 aromatic heterocycles. The Bertz CT molecular complexity index is 788. The Hall–Kier alpha value is -1.79. The standard InChI is InChI=1S/C15H13BrN2O2S/c1-19-10-4-6-12-14(8-10)21-15(18-12)17-9-3-5-11(16)13(7-9)20-2/h3-8H,1-2H3,(H,17,18). The highest BCUT2D eigenvalue weighted by Crippen LogP contribution is 2.33. The normalized spacial score (nSPS) is 10.6. The molecule has 0 amide bonds. The first-order valence-electron chi connectivity index (χ1n) is 6.25. The predicted molar refractivity (Wildman–Crippen MR) is 90.1 cm³/mol. The fraction of sp³-hybridized carbons (Fsp3) is 0.133. The van der Waals surface area contributed by atoms with Crippen LogP contribution in [0.25, 0.3) is 10.2 Å². The summed E-state index contributed by atoms with van der Waals surface area (Å²) in [6, 6.07) is 11.7. The maximum atomic E-state index is 5.29. The Kier molecular flexibility index (Phi) is 3.98. The molecule has 3 aromatic rings. The molecule has 0 saturated heterocycles. The molecule has 0 spiro atoms. The van der Waals surface area contributed by atoms with Crippen molar-refractivity contribution >= 4 is 48.3 Å². The number of nitrogens with zero attached hydrogens (tertiary/aromatic N) is 1. The van der Waals surface area contributed by atoms with Crippen LogP contribution in [0.4, 0.5) is 10.8 Å². The van der Waals surface area contributed by atoms with Gasteiger partial charge < -0.3 is 14.8 Å². The van der Waals surface area contributed by atoms with E-state index < -0.39 is 0 Å². The van der Waals surface area contributed by atoms with Gasteiger partial charge in [-0.05, 0) is 46.3 Å². The number of halogens is 1. The van der Waals surface area contributed by atoms with Crippen LogP contribution in [0.5, 0.6) is 11.5 Å². The first-order valence-corrected chi connectivity index (χ1v) is 7.85. The number of fused-ring (bicyclic) bond motifs is 1. The van der Waals surface area contributed by atoms with Crippen LogP contribution < -0.4 is 14.8 Å². The maximum absolute atomic E-state index is 5.29. The second kappa shape index (κ2) is 5.91.